The molecule has 70 valence electrons. The van der Waals surface area contributed by atoms with E-state index in [1.165, 1.54) is 6.92 Å². The summed E-state index contributed by atoms with van der Waals surface area (Å²) in [4.78, 5) is 21.9. The van der Waals surface area contributed by atoms with E-state index in [2.05, 4.69) is 10.6 Å². The fourth-order valence-corrected chi connectivity index (χ4v) is 0.897. The van der Waals surface area contributed by atoms with E-state index in [1.807, 2.05) is 6.92 Å². The van der Waals surface area contributed by atoms with Crippen LogP contribution in [0.25, 0.3) is 0 Å². The van der Waals surface area contributed by atoms with Crippen molar-refractivity contribution in [1.29, 1.82) is 0 Å². The highest BCUT2D eigenvalue weighted by molar-refractivity contribution is 5.88. The van der Waals surface area contributed by atoms with E-state index in [1.54, 1.807) is 7.05 Å². The second kappa shape index (κ2) is 5.71. The van der Waals surface area contributed by atoms with E-state index in [9.17, 15) is 9.59 Å². The Hall–Kier alpha value is -0.900. The molecular weight excluding hydrogens is 156 g/mol. The molecule has 0 aromatic carbocycles. The zero-order chi connectivity index (χ0) is 9.56. The van der Waals surface area contributed by atoms with Gasteiger partial charge in [-0.15, -0.1) is 0 Å². The Morgan fingerprint density at radius 3 is 2.33 bits per heavy atom. The van der Waals surface area contributed by atoms with Crippen molar-refractivity contribution in [2.75, 3.05) is 13.6 Å². The fraction of sp³-hybridized carbons (Fsp3) is 0.750. The van der Waals surface area contributed by atoms with Crippen LogP contribution in [0, 0.1) is 0 Å². The minimum atomic E-state index is -0.328. The maximum absolute atomic E-state index is 11.0. The highest BCUT2D eigenvalue weighted by Crippen LogP contribution is 1.91. The van der Waals surface area contributed by atoms with Gasteiger partial charge in [0.25, 0.3) is 0 Å². The third-order valence-corrected chi connectivity index (χ3v) is 1.57. The lowest BCUT2D eigenvalue weighted by Crippen LogP contribution is -2.42. The van der Waals surface area contributed by atoms with E-state index >= 15 is 0 Å². The number of carbonyl (C=O) groups excluding carboxylic acids is 2. The van der Waals surface area contributed by atoms with Crippen LogP contribution in [0.4, 0.5) is 0 Å². The summed E-state index contributed by atoms with van der Waals surface area (Å²) in [5.74, 6) is -0.137. The Morgan fingerprint density at radius 1 is 1.42 bits per heavy atom. The molecule has 0 fully saturated rings. The average molecular weight is 172 g/mol. The van der Waals surface area contributed by atoms with Crippen LogP contribution < -0.4 is 10.6 Å². The van der Waals surface area contributed by atoms with Crippen LogP contribution in [0.5, 0.6) is 0 Å². The zero-order valence-corrected chi connectivity index (χ0v) is 7.81. The second-order valence-electron chi connectivity index (χ2n) is 2.67. The number of hydrogen-bond donors (Lipinski definition) is 2. The quantitative estimate of drug-likeness (QED) is 0.598. The molecule has 0 saturated heterocycles. The molecule has 2 N–H and O–H groups in total. The SMILES string of the molecule is CC[C@H](NC(=O)CNC)C(C)=O. The van der Waals surface area contributed by atoms with E-state index < -0.39 is 0 Å². The minimum Gasteiger partial charge on any atom is -0.345 e. The molecule has 12 heavy (non-hydrogen) atoms. The standard InChI is InChI=1S/C8H16N2O2/c1-4-7(6(2)11)10-8(12)5-9-3/h7,9H,4-5H2,1-3H3,(H,10,12)/t7-/m0/s1. The summed E-state index contributed by atoms with van der Waals surface area (Å²) >= 11 is 0. The van der Waals surface area contributed by atoms with Crippen molar-refractivity contribution in [3.05, 3.63) is 0 Å². The van der Waals surface area contributed by atoms with Gasteiger partial charge in [-0.25, -0.2) is 0 Å². The Bertz CT molecular complexity index is 168. The number of carbonyl (C=O) groups is 2. The van der Waals surface area contributed by atoms with E-state index in [-0.39, 0.29) is 24.3 Å². The molecule has 4 heteroatoms. The van der Waals surface area contributed by atoms with Gasteiger partial charge in [0.1, 0.15) is 0 Å². The Labute approximate surface area is 72.7 Å². The summed E-state index contributed by atoms with van der Waals surface area (Å²) in [5, 5.41) is 5.33. The molecule has 0 aliphatic heterocycles. The van der Waals surface area contributed by atoms with Crippen LogP contribution >= 0.6 is 0 Å². The van der Waals surface area contributed by atoms with Crippen molar-refractivity contribution in [3.63, 3.8) is 0 Å². The smallest absolute Gasteiger partial charge is 0.234 e. The third-order valence-electron chi connectivity index (χ3n) is 1.57. The first-order chi connectivity index (χ1) is 5.61. The second-order valence-corrected chi connectivity index (χ2v) is 2.67. The van der Waals surface area contributed by atoms with Crippen LogP contribution in [0.15, 0.2) is 0 Å². The van der Waals surface area contributed by atoms with Crippen molar-refractivity contribution in [1.82, 2.24) is 10.6 Å². The predicted octanol–water partition coefficient (Wildman–Crippen LogP) is -0.310. The number of ketones is 1. The highest BCUT2D eigenvalue weighted by atomic mass is 16.2. The first kappa shape index (κ1) is 11.1. The molecule has 0 unspecified atom stereocenters. The molecule has 0 saturated carbocycles. The van der Waals surface area contributed by atoms with Crippen LogP contribution in [-0.2, 0) is 9.59 Å². The van der Waals surface area contributed by atoms with E-state index in [0.717, 1.165) is 0 Å². The fourth-order valence-electron chi connectivity index (χ4n) is 0.897. The molecule has 0 radical (unpaired) electrons. The summed E-state index contributed by atoms with van der Waals surface area (Å²) in [7, 11) is 1.69. The molecule has 0 aliphatic carbocycles. The normalized spacial score (nSPS) is 12.2. The zero-order valence-electron chi connectivity index (χ0n) is 7.81. The number of nitrogens with one attached hydrogen (secondary N) is 2. The van der Waals surface area contributed by atoms with Gasteiger partial charge in [0, 0.05) is 0 Å². The number of likely N-dealkylation sites (N-methyl/N-ethyl adjacent to an activating group) is 1. The predicted molar refractivity (Wildman–Crippen MR) is 46.8 cm³/mol. The van der Waals surface area contributed by atoms with Gasteiger partial charge in [-0.05, 0) is 20.4 Å². The summed E-state index contributed by atoms with van der Waals surface area (Å²) in [6.07, 6.45) is 0.644. The van der Waals surface area contributed by atoms with Crippen LogP contribution in [0.3, 0.4) is 0 Å². The maximum Gasteiger partial charge on any atom is 0.234 e. The number of amides is 1. The molecule has 0 spiro atoms. The van der Waals surface area contributed by atoms with Crippen molar-refractivity contribution in [2.24, 2.45) is 0 Å². The number of Topliss-reactive ketones (excluding diaryl/α,β-unsaturated/α-hetero) is 1. The topological polar surface area (TPSA) is 58.2 Å². The maximum atomic E-state index is 11.0. The Morgan fingerprint density at radius 2 is 2.00 bits per heavy atom. The van der Waals surface area contributed by atoms with Crippen LogP contribution in [0.1, 0.15) is 20.3 Å². The minimum absolute atomic E-state index is 0.00181. The van der Waals surface area contributed by atoms with Crippen LogP contribution in [-0.4, -0.2) is 31.3 Å². The summed E-state index contributed by atoms with van der Waals surface area (Å²) in [6.45, 7) is 3.60. The molecule has 1 atom stereocenters. The lowest BCUT2D eigenvalue weighted by Gasteiger charge is -2.12. The number of rotatable bonds is 5. The molecule has 0 heterocycles. The Balaban J connectivity index is 3.85. The van der Waals surface area contributed by atoms with Crippen molar-refractivity contribution < 1.29 is 9.59 Å². The highest BCUT2D eigenvalue weighted by Gasteiger charge is 2.13. The molecule has 1 amide bonds. The van der Waals surface area contributed by atoms with Gasteiger partial charge in [0.2, 0.25) is 5.91 Å². The third kappa shape index (κ3) is 4.08. The first-order valence-corrected chi connectivity index (χ1v) is 4.06. The van der Waals surface area contributed by atoms with Crippen molar-refractivity contribution >= 4 is 11.7 Å². The molecule has 0 bridgehead atoms. The molecule has 4 nitrogen and oxygen atoms in total. The Kier molecular flexibility index (Phi) is 5.28. The lowest BCUT2D eigenvalue weighted by molar-refractivity contribution is -0.126. The number of hydrogen-bond acceptors (Lipinski definition) is 3. The van der Waals surface area contributed by atoms with Gasteiger partial charge in [0.05, 0.1) is 12.6 Å². The first-order valence-electron chi connectivity index (χ1n) is 4.06. The lowest BCUT2D eigenvalue weighted by atomic mass is 10.1. The van der Waals surface area contributed by atoms with Gasteiger partial charge in [0.15, 0.2) is 5.78 Å². The van der Waals surface area contributed by atoms with Gasteiger partial charge in [-0.3, -0.25) is 9.59 Å². The van der Waals surface area contributed by atoms with Crippen LogP contribution in [0.2, 0.25) is 0 Å². The van der Waals surface area contributed by atoms with Crippen molar-refractivity contribution in [3.8, 4) is 0 Å². The molecule has 0 aromatic heterocycles. The molecule has 0 aromatic rings. The average Bonchev–Trinajstić information content (AvgIpc) is 2.00. The van der Waals surface area contributed by atoms with Gasteiger partial charge in [-0.1, -0.05) is 6.92 Å². The molecule has 0 rings (SSSR count). The summed E-state index contributed by atoms with van der Waals surface area (Å²) < 4.78 is 0. The van der Waals surface area contributed by atoms with Gasteiger partial charge < -0.3 is 10.6 Å². The van der Waals surface area contributed by atoms with E-state index in [0.29, 0.717) is 6.42 Å². The van der Waals surface area contributed by atoms with E-state index in [4.69, 9.17) is 0 Å². The summed E-state index contributed by atoms with van der Waals surface area (Å²) in [5.41, 5.74) is 0. The summed E-state index contributed by atoms with van der Waals surface area (Å²) in [6, 6.07) is -0.328. The largest absolute Gasteiger partial charge is 0.345 e. The van der Waals surface area contributed by atoms with Gasteiger partial charge >= 0.3 is 0 Å². The monoisotopic (exact) mass is 172 g/mol. The van der Waals surface area contributed by atoms with Gasteiger partial charge in [-0.2, -0.15) is 0 Å². The molecule has 0 aliphatic rings. The molecular formula is C8H16N2O2. The van der Waals surface area contributed by atoms with Crippen molar-refractivity contribution in [2.45, 2.75) is 26.3 Å².